The van der Waals surface area contributed by atoms with Crippen molar-refractivity contribution in [2.75, 3.05) is 26.2 Å². The first-order valence-electron chi connectivity index (χ1n) is 9.62. The third-order valence-electron chi connectivity index (χ3n) is 4.95. The lowest BCUT2D eigenvalue weighted by molar-refractivity contribution is -0.127. The van der Waals surface area contributed by atoms with Gasteiger partial charge in [-0.15, -0.1) is 11.3 Å². The Morgan fingerprint density at radius 1 is 1.03 bits per heavy atom. The third kappa shape index (κ3) is 5.16. The lowest BCUT2D eigenvalue weighted by atomic mass is 10.2. The van der Waals surface area contributed by atoms with Gasteiger partial charge in [-0.3, -0.25) is 9.69 Å². The standard InChI is InChI=1S/C23H22FN3OS/c24-20-9-7-19(8-10-20)21-17-29-22(25-21)16-26-12-14-27(15-13-26)23(28)11-6-18-4-2-1-3-5-18/h1-11,17H,12-16H2/b11-6+. The van der Waals surface area contributed by atoms with Gasteiger partial charge in [0.1, 0.15) is 10.8 Å². The Hall–Kier alpha value is -2.83. The van der Waals surface area contributed by atoms with Gasteiger partial charge in [-0.05, 0) is 35.9 Å². The Morgan fingerprint density at radius 3 is 2.48 bits per heavy atom. The number of piperazine rings is 1. The highest BCUT2D eigenvalue weighted by atomic mass is 32.1. The minimum atomic E-state index is -0.241. The molecule has 2 aromatic carbocycles. The number of halogens is 1. The van der Waals surface area contributed by atoms with Gasteiger partial charge in [-0.25, -0.2) is 9.37 Å². The van der Waals surface area contributed by atoms with E-state index in [1.54, 1.807) is 29.5 Å². The SMILES string of the molecule is O=C(/C=C/c1ccccc1)N1CCN(Cc2nc(-c3ccc(F)cc3)cs2)CC1. The second kappa shape index (κ2) is 9.11. The molecule has 6 heteroatoms. The van der Waals surface area contributed by atoms with Crippen LogP contribution in [0.25, 0.3) is 17.3 Å². The maximum atomic E-state index is 13.1. The number of benzene rings is 2. The number of carbonyl (C=O) groups is 1. The molecule has 29 heavy (non-hydrogen) atoms. The molecule has 3 aromatic rings. The van der Waals surface area contributed by atoms with Gasteiger partial charge in [0.15, 0.2) is 0 Å². The molecule has 0 unspecified atom stereocenters. The Labute approximate surface area is 173 Å². The van der Waals surface area contributed by atoms with E-state index in [1.807, 2.05) is 46.7 Å². The van der Waals surface area contributed by atoms with Gasteiger partial charge >= 0.3 is 0 Å². The molecule has 0 aliphatic carbocycles. The molecule has 1 saturated heterocycles. The van der Waals surface area contributed by atoms with Crippen LogP contribution in [0.4, 0.5) is 4.39 Å². The van der Waals surface area contributed by atoms with Gasteiger partial charge < -0.3 is 4.90 Å². The van der Waals surface area contributed by atoms with Gasteiger partial charge in [0, 0.05) is 43.2 Å². The zero-order valence-electron chi connectivity index (χ0n) is 16.0. The number of rotatable bonds is 5. The zero-order valence-corrected chi connectivity index (χ0v) is 16.8. The van der Waals surface area contributed by atoms with E-state index in [9.17, 15) is 9.18 Å². The molecular formula is C23H22FN3OS. The summed E-state index contributed by atoms with van der Waals surface area (Å²) >= 11 is 1.62. The molecule has 0 saturated carbocycles. The summed E-state index contributed by atoms with van der Waals surface area (Å²) in [6, 6.07) is 16.3. The van der Waals surface area contributed by atoms with Crippen molar-refractivity contribution in [3.05, 3.63) is 82.4 Å². The molecule has 1 fully saturated rings. The van der Waals surface area contributed by atoms with Crippen molar-refractivity contribution in [1.82, 2.24) is 14.8 Å². The molecule has 4 nitrogen and oxygen atoms in total. The number of nitrogens with zero attached hydrogens (tertiary/aromatic N) is 3. The number of hydrogen-bond donors (Lipinski definition) is 0. The van der Waals surface area contributed by atoms with Crippen molar-refractivity contribution in [1.29, 1.82) is 0 Å². The van der Waals surface area contributed by atoms with Crippen molar-refractivity contribution in [2.24, 2.45) is 0 Å². The Kier molecular flexibility index (Phi) is 6.12. The summed E-state index contributed by atoms with van der Waals surface area (Å²) in [6.45, 7) is 3.86. The van der Waals surface area contributed by atoms with Crippen LogP contribution in [0, 0.1) is 5.82 Å². The van der Waals surface area contributed by atoms with E-state index in [4.69, 9.17) is 0 Å². The second-order valence-corrected chi connectivity index (χ2v) is 7.92. The van der Waals surface area contributed by atoms with Gasteiger partial charge in [-0.2, -0.15) is 0 Å². The molecule has 0 bridgehead atoms. The Balaban J connectivity index is 1.28. The van der Waals surface area contributed by atoms with Crippen LogP contribution in [0.2, 0.25) is 0 Å². The van der Waals surface area contributed by atoms with E-state index in [0.29, 0.717) is 13.1 Å². The van der Waals surface area contributed by atoms with E-state index in [-0.39, 0.29) is 11.7 Å². The summed E-state index contributed by atoms with van der Waals surface area (Å²) in [7, 11) is 0. The quantitative estimate of drug-likeness (QED) is 0.592. The lowest BCUT2D eigenvalue weighted by Crippen LogP contribution is -2.47. The molecule has 1 aromatic heterocycles. The Bertz CT molecular complexity index is 977. The topological polar surface area (TPSA) is 36.4 Å². The summed E-state index contributed by atoms with van der Waals surface area (Å²) in [4.78, 5) is 21.3. The van der Waals surface area contributed by atoms with Crippen molar-refractivity contribution >= 4 is 23.3 Å². The molecular weight excluding hydrogens is 385 g/mol. The summed E-state index contributed by atoms with van der Waals surface area (Å²) < 4.78 is 13.1. The van der Waals surface area contributed by atoms with E-state index in [2.05, 4.69) is 9.88 Å². The van der Waals surface area contributed by atoms with Gasteiger partial charge in [0.25, 0.3) is 0 Å². The summed E-state index contributed by atoms with van der Waals surface area (Å²) in [5, 5.41) is 3.05. The van der Waals surface area contributed by atoms with Crippen LogP contribution in [0.15, 0.2) is 66.1 Å². The Morgan fingerprint density at radius 2 is 1.76 bits per heavy atom. The number of aromatic nitrogens is 1. The molecule has 0 N–H and O–H groups in total. The van der Waals surface area contributed by atoms with Crippen molar-refractivity contribution in [2.45, 2.75) is 6.54 Å². The maximum Gasteiger partial charge on any atom is 0.246 e. The molecule has 148 valence electrons. The molecule has 1 amide bonds. The number of carbonyl (C=O) groups excluding carboxylic acids is 1. The van der Waals surface area contributed by atoms with E-state index < -0.39 is 0 Å². The molecule has 0 spiro atoms. The van der Waals surface area contributed by atoms with Crippen LogP contribution in [-0.4, -0.2) is 46.9 Å². The van der Waals surface area contributed by atoms with E-state index in [0.717, 1.165) is 41.5 Å². The first-order valence-corrected chi connectivity index (χ1v) is 10.5. The van der Waals surface area contributed by atoms with Gasteiger partial charge in [-0.1, -0.05) is 30.3 Å². The number of hydrogen-bond acceptors (Lipinski definition) is 4. The van der Waals surface area contributed by atoms with E-state index in [1.165, 1.54) is 12.1 Å². The summed E-state index contributed by atoms with van der Waals surface area (Å²) in [5.41, 5.74) is 2.83. The normalized spacial score (nSPS) is 15.1. The minimum absolute atomic E-state index is 0.0568. The predicted molar refractivity (Wildman–Crippen MR) is 115 cm³/mol. The highest BCUT2D eigenvalue weighted by molar-refractivity contribution is 7.09. The molecule has 0 radical (unpaired) electrons. The second-order valence-electron chi connectivity index (χ2n) is 6.98. The largest absolute Gasteiger partial charge is 0.337 e. The van der Waals surface area contributed by atoms with Gasteiger partial charge in [0.05, 0.1) is 12.2 Å². The maximum absolute atomic E-state index is 13.1. The highest BCUT2D eigenvalue weighted by Crippen LogP contribution is 2.23. The average Bonchev–Trinajstić information content (AvgIpc) is 3.22. The molecule has 1 aliphatic heterocycles. The zero-order chi connectivity index (χ0) is 20.1. The van der Waals surface area contributed by atoms with Crippen molar-refractivity contribution in [3.63, 3.8) is 0 Å². The lowest BCUT2D eigenvalue weighted by Gasteiger charge is -2.33. The molecule has 2 heterocycles. The molecule has 1 aliphatic rings. The van der Waals surface area contributed by atoms with E-state index >= 15 is 0 Å². The number of thiazole rings is 1. The van der Waals surface area contributed by atoms with Crippen molar-refractivity contribution < 1.29 is 9.18 Å². The fraction of sp³-hybridized carbons (Fsp3) is 0.217. The van der Waals surface area contributed by atoms with Crippen molar-refractivity contribution in [3.8, 4) is 11.3 Å². The first-order chi connectivity index (χ1) is 14.2. The smallest absolute Gasteiger partial charge is 0.246 e. The van der Waals surface area contributed by atoms with Crippen LogP contribution < -0.4 is 0 Å². The third-order valence-corrected chi connectivity index (χ3v) is 5.79. The van der Waals surface area contributed by atoms with Crippen LogP contribution in [0.3, 0.4) is 0 Å². The van der Waals surface area contributed by atoms with Crippen LogP contribution in [0.5, 0.6) is 0 Å². The minimum Gasteiger partial charge on any atom is -0.337 e. The molecule has 0 atom stereocenters. The number of amides is 1. The monoisotopic (exact) mass is 407 g/mol. The summed E-state index contributed by atoms with van der Waals surface area (Å²) in [5.74, 6) is -0.184. The van der Waals surface area contributed by atoms with Crippen LogP contribution in [-0.2, 0) is 11.3 Å². The molecule has 4 rings (SSSR count). The highest BCUT2D eigenvalue weighted by Gasteiger charge is 2.20. The fourth-order valence-electron chi connectivity index (χ4n) is 3.29. The predicted octanol–water partition coefficient (Wildman–Crippen LogP) is 4.31. The fourth-order valence-corrected chi connectivity index (χ4v) is 4.14. The first kappa shape index (κ1) is 19.5. The van der Waals surface area contributed by atoms with Crippen LogP contribution >= 0.6 is 11.3 Å². The average molecular weight is 408 g/mol. The summed E-state index contributed by atoms with van der Waals surface area (Å²) in [6.07, 6.45) is 3.52. The van der Waals surface area contributed by atoms with Gasteiger partial charge in [0.2, 0.25) is 5.91 Å². The van der Waals surface area contributed by atoms with Crippen LogP contribution in [0.1, 0.15) is 10.6 Å².